The number of sulfonamides is 1. The van der Waals surface area contributed by atoms with E-state index in [1.807, 2.05) is 14.0 Å². The molecule has 1 aromatic carbocycles. The number of nitrogens with one attached hydrogen (secondary N) is 1. The molecule has 4 nitrogen and oxygen atoms in total. The summed E-state index contributed by atoms with van der Waals surface area (Å²) < 4.78 is 26.7. The lowest BCUT2D eigenvalue weighted by Gasteiger charge is -2.25. The molecule has 0 bridgehead atoms. The van der Waals surface area contributed by atoms with Crippen LogP contribution in [-0.4, -0.2) is 32.9 Å². The van der Waals surface area contributed by atoms with E-state index in [4.69, 9.17) is 11.6 Å². The second kappa shape index (κ2) is 7.58. The van der Waals surface area contributed by atoms with Gasteiger partial charge < -0.3 is 5.32 Å². The molecule has 0 saturated heterocycles. The van der Waals surface area contributed by atoms with Gasteiger partial charge in [0.05, 0.1) is 4.90 Å². The Kier molecular flexibility index (Phi) is 6.66. The molecule has 0 radical (unpaired) electrons. The van der Waals surface area contributed by atoms with Crippen LogP contribution < -0.4 is 5.32 Å². The molecule has 21 heavy (non-hydrogen) atoms. The second-order valence-electron chi connectivity index (χ2n) is 5.78. The van der Waals surface area contributed by atoms with Crippen molar-refractivity contribution in [2.75, 3.05) is 14.1 Å². The summed E-state index contributed by atoms with van der Waals surface area (Å²) in [5, 5.41) is 3.47. The summed E-state index contributed by atoms with van der Waals surface area (Å²) in [5.41, 5.74) is 0.885. The van der Waals surface area contributed by atoms with Crippen LogP contribution in [0.3, 0.4) is 0 Å². The third kappa shape index (κ3) is 4.68. The predicted octanol–water partition coefficient (Wildman–Crippen LogP) is 3.11. The molecule has 1 atom stereocenters. The van der Waals surface area contributed by atoms with E-state index in [-0.39, 0.29) is 10.9 Å². The molecule has 1 rings (SSSR count). The summed E-state index contributed by atoms with van der Waals surface area (Å²) in [7, 11) is -0.0650. The van der Waals surface area contributed by atoms with Crippen molar-refractivity contribution in [3.05, 3.63) is 28.8 Å². The molecule has 1 unspecified atom stereocenters. The number of halogens is 1. The van der Waals surface area contributed by atoms with Crippen LogP contribution in [0.1, 0.15) is 32.8 Å². The van der Waals surface area contributed by atoms with Crippen molar-refractivity contribution in [1.29, 1.82) is 0 Å². The summed E-state index contributed by atoms with van der Waals surface area (Å²) in [6.45, 7) is 6.70. The van der Waals surface area contributed by atoms with Crippen molar-refractivity contribution in [2.24, 2.45) is 5.92 Å². The van der Waals surface area contributed by atoms with Gasteiger partial charge in [-0.3, -0.25) is 0 Å². The van der Waals surface area contributed by atoms with Gasteiger partial charge in [0.1, 0.15) is 0 Å². The van der Waals surface area contributed by atoms with E-state index in [1.165, 1.54) is 10.4 Å². The van der Waals surface area contributed by atoms with Crippen molar-refractivity contribution >= 4 is 21.6 Å². The zero-order valence-electron chi connectivity index (χ0n) is 13.4. The fourth-order valence-corrected chi connectivity index (χ4v) is 3.97. The van der Waals surface area contributed by atoms with Gasteiger partial charge in [-0.2, -0.15) is 4.31 Å². The summed E-state index contributed by atoms with van der Waals surface area (Å²) in [6.07, 6.45) is 0.821. The van der Waals surface area contributed by atoms with E-state index < -0.39 is 10.0 Å². The molecule has 0 fully saturated rings. The Balaban J connectivity index is 3.05. The highest BCUT2D eigenvalue weighted by atomic mass is 35.5. The van der Waals surface area contributed by atoms with Crippen molar-refractivity contribution in [3.8, 4) is 0 Å². The molecule has 0 amide bonds. The first-order valence-corrected chi connectivity index (χ1v) is 8.93. The fourth-order valence-electron chi connectivity index (χ4n) is 2.26. The third-order valence-electron chi connectivity index (χ3n) is 3.50. The number of nitrogens with zero attached hydrogens (tertiary/aromatic N) is 1. The van der Waals surface area contributed by atoms with Gasteiger partial charge in [0, 0.05) is 24.7 Å². The monoisotopic (exact) mass is 332 g/mol. The van der Waals surface area contributed by atoms with E-state index in [0.29, 0.717) is 17.5 Å². The standard InChI is InChI=1S/C15H25ClN2O2S/c1-11(2)8-12(3)18(5)21(19,20)14-7-6-13(10-17-4)15(16)9-14/h6-7,9,11-12,17H,8,10H2,1-5H3. The van der Waals surface area contributed by atoms with Gasteiger partial charge in [-0.05, 0) is 44.0 Å². The highest BCUT2D eigenvalue weighted by Gasteiger charge is 2.26. The van der Waals surface area contributed by atoms with Crippen molar-refractivity contribution in [3.63, 3.8) is 0 Å². The molecule has 6 heteroatoms. The SMILES string of the molecule is CNCc1ccc(S(=O)(=O)N(C)C(C)CC(C)C)cc1Cl. The molecular weight excluding hydrogens is 308 g/mol. The first-order valence-electron chi connectivity index (χ1n) is 7.11. The molecule has 120 valence electrons. The van der Waals surface area contributed by atoms with Crippen molar-refractivity contribution < 1.29 is 8.42 Å². The number of hydrogen-bond donors (Lipinski definition) is 1. The van der Waals surface area contributed by atoms with Gasteiger partial charge in [-0.15, -0.1) is 0 Å². The van der Waals surface area contributed by atoms with Gasteiger partial charge in [-0.25, -0.2) is 8.42 Å². The Labute approximate surface area is 133 Å². The first-order chi connectivity index (χ1) is 9.70. The van der Waals surface area contributed by atoms with Crippen LogP contribution in [0, 0.1) is 5.92 Å². The van der Waals surface area contributed by atoms with E-state index in [9.17, 15) is 8.42 Å². The van der Waals surface area contributed by atoms with Crippen molar-refractivity contribution in [2.45, 2.75) is 44.7 Å². The Bertz CT molecular complexity index is 573. The van der Waals surface area contributed by atoms with Crippen LogP contribution in [0.4, 0.5) is 0 Å². The number of rotatable bonds is 7. The van der Waals surface area contributed by atoms with Gasteiger partial charge in [0.15, 0.2) is 0 Å². The lowest BCUT2D eigenvalue weighted by Crippen LogP contribution is -2.35. The van der Waals surface area contributed by atoms with E-state index >= 15 is 0 Å². The van der Waals surface area contributed by atoms with Crippen LogP contribution in [0.25, 0.3) is 0 Å². The highest BCUT2D eigenvalue weighted by molar-refractivity contribution is 7.89. The average Bonchev–Trinajstić information content (AvgIpc) is 2.39. The predicted molar refractivity (Wildman–Crippen MR) is 88.1 cm³/mol. The molecule has 0 aliphatic rings. The molecule has 0 aliphatic heterocycles. The second-order valence-corrected chi connectivity index (χ2v) is 8.19. The molecule has 0 aromatic heterocycles. The summed E-state index contributed by atoms with van der Waals surface area (Å²) in [6, 6.07) is 4.85. The Hall–Kier alpha value is -0.620. The van der Waals surface area contributed by atoms with E-state index in [1.54, 1.807) is 19.2 Å². The molecule has 0 aliphatic carbocycles. The van der Waals surface area contributed by atoms with Gasteiger partial charge in [0.2, 0.25) is 10.0 Å². The van der Waals surface area contributed by atoms with Crippen LogP contribution in [0.15, 0.2) is 23.1 Å². The maximum atomic E-state index is 12.6. The van der Waals surface area contributed by atoms with Crippen LogP contribution in [0.5, 0.6) is 0 Å². The molecule has 0 saturated carbocycles. The zero-order valence-corrected chi connectivity index (χ0v) is 14.9. The normalized spacial score (nSPS) is 13.9. The maximum absolute atomic E-state index is 12.6. The fraction of sp³-hybridized carbons (Fsp3) is 0.600. The Morgan fingerprint density at radius 1 is 1.29 bits per heavy atom. The largest absolute Gasteiger partial charge is 0.316 e. The van der Waals surface area contributed by atoms with Gasteiger partial charge in [-0.1, -0.05) is 31.5 Å². The number of hydrogen-bond acceptors (Lipinski definition) is 3. The van der Waals surface area contributed by atoms with Crippen LogP contribution >= 0.6 is 11.6 Å². The van der Waals surface area contributed by atoms with Crippen molar-refractivity contribution in [1.82, 2.24) is 9.62 Å². The zero-order chi connectivity index (χ0) is 16.2. The topological polar surface area (TPSA) is 49.4 Å². The Morgan fingerprint density at radius 3 is 2.38 bits per heavy atom. The van der Waals surface area contributed by atoms with E-state index in [2.05, 4.69) is 19.2 Å². The molecule has 0 spiro atoms. The third-order valence-corrected chi connectivity index (χ3v) is 5.82. The minimum atomic E-state index is -3.51. The lowest BCUT2D eigenvalue weighted by molar-refractivity contribution is 0.338. The van der Waals surface area contributed by atoms with E-state index in [0.717, 1.165) is 12.0 Å². The molecule has 0 heterocycles. The van der Waals surface area contributed by atoms with Gasteiger partial charge in [0.25, 0.3) is 0 Å². The lowest BCUT2D eigenvalue weighted by atomic mass is 10.1. The first kappa shape index (κ1) is 18.4. The Morgan fingerprint density at radius 2 is 1.90 bits per heavy atom. The summed E-state index contributed by atoms with van der Waals surface area (Å²) >= 11 is 6.16. The molecular formula is C15H25ClN2O2S. The molecule has 1 aromatic rings. The number of benzene rings is 1. The maximum Gasteiger partial charge on any atom is 0.243 e. The summed E-state index contributed by atoms with van der Waals surface area (Å²) in [5.74, 6) is 0.444. The molecule has 1 N–H and O–H groups in total. The van der Waals surface area contributed by atoms with Crippen LogP contribution in [0.2, 0.25) is 5.02 Å². The summed E-state index contributed by atoms with van der Waals surface area (Å²) in [4.78, 5) is 0.241. The quantitative estimate of drug-likeness (QED) is 0.834. The van der Waals surface area contributed by atoms with Crippen LogP contribution in [-0.2, 0) is 16.6 Å². The highest BCUT2D eigenvalue weighted by Crippen LogP contribution is 2.25. The van der Waals surface area contributed by atoms with Gasteiger partial charge >= 0.3 is 0 Å². The minimum Gasteiger partial charge on any atom is -0.316 e. The minimum absolute atomic E-state index is 0.0502. The average molecular weight is 333 g/mol. The smallest absolute Gasteiger partial charge is 0.243 e.